The number of alkyl halides is 1. The highest BCUT2D eigenvalue weighted by atomic mass is 35.5. The second-order valence-electron chi connectivity index (χ2n) is 3.16. The lowest BCUT2D eigenvalue weighted by molar-refractivity contribution is 0.528. The van der Waals surface area contributed by atoms with Gasteiger partial charge < -0.3 is 4.42 Å². The standard InChI is InChI=1S/C11H9Cl2NO/c1-7-8(3-2-4-9(7)13)10-6-14-11(5-12)15-10/h2-4,6H,5H2,1H3. The molecule has 0 radical (unpaired) electrons. The molecule has 15 heavy (non-hydrogen) atoms. The number of aromatic nitrogens is 1. The van der Waals surface area contributed by atoms with Crippen LogP contribution in [-0.4, -0.2) is 4.98 Å². The Balaban J connectivity index is 2.49. The van der Waals surface area contributed by atoms with Crippen LogP contribution in [0.15, 0.2) is 28.8 Å². The Kier molecular flexibility index (Phi) is 2.98. The fraction of sp³-hybridized carbons (Fsp3) is 0.182. The molecular formula is C11H9Cl2NO. The smallest absolute Gasteiger partial charge is 0.209 e. The highest BCUT2D eigenvalue weighted by Gasteiger charge is 2.09. The van der Waals surface area contributed by atoms with E-state index in [4.69, 9.17) is 27.6 Å². The predicted octanol–water partition coefficient (Wildman–Crippen LogP) is 4.04. The topological polar surface area (TPSA) is 26.0 Å². The lowest BCUT2D eigenvalue weighted by Crippen LogP contribution is -1.81. The van der Waals surface area contributed by atoms with Gasteiger partial charge in [0.15, 0.2) is 5.76 Å². The molecule has 78 valence electrons. The molecule has 0 atom stereocenters. The molecule has 1 heterocycles. The van der Waals surface area contributed by atoms with Gasteiger partial charge in [-0.25, -0.2) is 4.98 Å². The average Bonchev–Trinajstić information content (AvgIpc) is 2.70. The summed E-state index contributed by atoms with van der Waals surface area (Å²) >= 11 is 11.6. The van der Waals surface area contributed by atoms with Crippen molar-refractivity contribution in [3.8, 4) is 11.3 Å². The first kappa shape index (κ1) is 10.5. The molecule has 0 spiro atoms. The van der Waals surface area contributed by atoms with Gasteiger partial charge in [0.25, 0.3) is 0 Å². The summed E-state index contributed by atoms with van der Waals surface area (Å²) in [5.74, 6) is 1.50. The van der Waals surface area contributed by atoms with Crippen LogP contribution in [0.2, 0.25) is 5.02 Å². The molecule has 1 aromatic carbocycles. The molecule has 0 saturated heterocycles. The zero-order valence-electron chi connectivity index (χ0n) is 8.13. The van der Waals surface area contributed by atoms with Crippen molar-refractivity contribution >= 4 is 23.2 Å². The third-order valence-corrected chi connectivity index (χ3v) is 2.84. The predicted molar refractivity (Wildman–Crippen MR) is 61.2 cm³/mol. The van der Waals surface area contributed by atoms with Gasteiger partial charge in [-0.15, -0.1) is 11.6 Å². The first-order valence-corrected chi connectivity index (χ1v) is 5.40. The number of benzene rings is 1. The minimum absolute atomic E-state index is 0.277. The quantitative estimate of drug-likeness (QED) is 0.742. The maximum absolute atomic E-state index is 6.02. The molecule has 0 fully saturated rings. The van der Waals surface area contributed by atoms with Gasteiger partial charge in [0.1, 0.15) is 0 Å². The van der Waals surface area contributed by atoms with Gasteiger partial charge >= 0.3 is 0 Å². The third-order valence-electron chi connectivity index (χ3n) is 2.20. The van der Waals surface area contributed by atoms with E-state index in [0.29, 0.717) is 11.7 Å². The largest absolute Gasteiger partial charge is 0.439 e. The van der Waals surface area contributed by atoms with E-state index in [1.54, 1.807) is 6.20 Å². The van der Waals surface area contributed by atoms with Crippen LogP contribution in [-0.2, 0) is 5.88 Å². The van der Waals surface area contributed by atoms with Gasteiger partial charge in [0.2, 0.25) is 5.89 Å². The van der Waals surface area contributed by atoms with Crippen molar-refractivity contribution in [2.75, 3.05) is 0 Å². The van der Waals surface area contributed by atoms with E-state index < -0.39 is 0 Å². The fourth-order valence-electron chi connectivity index (χ4n) is 1.37. The van der Waals surface area contributed by atoms with Crippen LogP contribution in [0.1, 0.15) is 11.5 Å². The van der Waals surface area contributed by atoms with E-state index >= 15 is 0 Å². The van der Waals surface area contributed by atoms with Crippen molar-refractivity contribution in [1.82, 2.24) is 4.98 Å². The Bertz CT molecular complexity index is 479. The first-order chi connectivity index (χ1) is 7.22. The van der Waals surface area contributed by atoms with Gasteiger partial charge in [0, 0.05) is 10.6 Å². The SMILES string of the molecule is Cc1c(Cl)cccc1-c1cnc(CCl)o1. The Labute approximate surface area is 97.8 Å². The van der Waals surface area contributed by atoms with Crippen molar-refractivity contribution < 1.29 is 4.42 Å². The van der Waals surface area contributed by atoms with E-state index in [-0.39, 0.29) is 5.88 Å². The van der Waals surface area contributed by atoms with Crippen LogP contribution >= 0.6 is 23.2 Å². The van der Waals surface area contributed by atoms with Crippen LogP contribution in [0.4, 0.5) is 0 Å². The molecule has 0 bridgehead atoms. The fourth-order valence-corrected chi connectivity index (χ4v) is 1.67. The molecule has 0 amide bonds. The van der Waals surface area contributed by atoms with Crippen molar-refractivity contribution in [2.45, 2.75) is 12.8 Å². The van der Waals surface area contributed by atoms with Crippen LogP contribution < -0.4 is 0 Å². The number of hydrogen-bond acceptors (Lipinski definition) is 2. The summed E-state index contributed by atoms with van der Waals surface area (Å²) < 4.78 is 5.45. The number of rotatable bonds is 2. The number of nitrogens with zero attached hydrogens (tertiary/aromatic N) is 1. The van der Waals surface area contributed by atoms with Crippen LogP contribution in [0, 0.1) is 6.92 Å². The Hall–Kier alpha value is -0.990. The summed E-state index contributed by atoms with van der Waals surface area (Å²) in [4.78, 5) is 4.04. The molecule has 0 saturated carbocycles. The van der Waals surface area contributed by atoms with E-state index in [0.717, 1.165) is 16.1 Å². The summed E-state index contributed by atoms with van der Waals surface area (Å²) in [7, 11) is 0. The minimum Gasteiger partial charge on any atom is -0.439 e. The molecule has 2 aromatic rings. The normalized spacial score (nSPS) is 10.6. The van der Waals surface area contributed by atoms with Gasteiger partial charge in [-0.2, -0.15) is 0 Å². The van der Waals surface area contributed by atoms with Gasteiger partial charge in [-0.1, -0.05) is 23.7 Å². The summed E-state index contributed by atoms with van der Waals surface area (Å²) in [5.41, 5.74) is 1.93. The zero-order chi connectivity index (χ0) is 10.8. The zero-order valence-corrected chi connectivity index (χ0v) is 9.64. The third kappa shape index (κ3) is 2.01. The van der Waals surface area contributed by atoms with Gasteiger partial charge in [-0.3, -0.25) is 0 Å². The lowest BCUT2D eigenvalue weighted by atomic mass is 10.1. The van der Waals surface area contributed by atoms with Gasteiger partial charge in [0.05, 0.1) is 12.1 Å². The second-order valence-corrected chi connectivity index (χ2v) is 3.84. The minimum atomic E-state index is 0.277. The van der Waals surface area contributed by atoms with Crippen molar-refractivity contribution in [2.24, 2.45) is 0 Å². The van der Waals surface area contributed by atoms with Crippen molar-refractivity contribution in [3.63, 3.8) is 0 Å². The Morgan fingerprint density at radius 1 is 1.40 bits per heavy atom. The van der Waals surface area contributed by atoms with E-state index in [2.05, 4.69) is 4.98 Å². The number of halogens is 2. The molecule has 0 unspecified atom stereocenters. The molecule has 0 N–H and O–H groups in total. The Morgan fingerprint density at radius 3 is 2.87 bits per heavy atom. The molecule has 2 nitrogen and oxygen atoms in total. The molecule has 0 aliphatic rings. The molecule has 0 aliphatic carbocycles. The van der Waals surface area contributed by atoms with Crippen LogP contribution in [0.3, 0.4) is 0 Å². The highest BCUT2D eigenvalue weighted by Crippen LogP contribution is 2.28. The second kappa shape index (κ2) is 4.25. The van der Waals surface area contributed by atoms with E-state index in [1.165, 1.54) is 0 Å². The first-order valence-electron chi connectivity index (χ1n) is 4.48. The maximum Gasteiger partial charge on any atom is 0.209 e. The Morgan fingerprint density at radius 2 is 2.20 bits per heavy atom. The average molecular weight is 242 g/mol. The molecular weight excluding hydrogens is 233 g/mol. The molecule has 2 rings (SSSR count). The molecule has 0 aliphatic heterocycles. The van der Waals surface area contributed by atoms with E-state index in [1.807, 2.05) is 25.1 Å². The van der Waals surface area contributed by atoms with Crippen LogP contribution in [0.25, 0.3) is 11.3 Å². The van der Waals surface area contributed by atoms with Crippen molar-refractivity contribution in [3.05, 3.63) is 40.9 Å². The van der Waals surface area contributed by atoms with Crippen molar-refractivity contribution in [1.29, 1.82) is 0 Å². The molecule has 1 aromatic heterocycles. The van der Waals surface area contributed by atoms with Crippen LogP contribution in [0.5, 0.6) is 0 Å². The monoisotopic (exact) mass is 241 g/mol. The van der Waals surface area contributed by atoms with E-state index in [9.17, 15) is 0 Å². The summed E-state index contributed by atoms with van der Waals surface area (Å²) in [6.07, 6.45) is 1.66. The number of oxazole rings is 1. The summed E-state index contributed by atoms with van der Waals surface area (Å²) in [6.45, 7) is 1.94. The highest BCUT2D eigenvalue weighted by molar-refractivity contribution is 6.31. The lowest BCUT2D eigenvalue weighted by Gasteiger charge is -2.03. The summed E-state index contributed by atoms with van der Waals surface area (Å²) in [5, 5.41) is 0.719. The van der Waals surface area contributed by atoms with Gasteiger partial charge in [-0.05, 0) is 18.6 Å². The number of hydrogen-bond donors (Lipinski definition) is 0. The molecule has 4 heteroatoms. The maximum atomic E-state index is 6.02. The summed E-state index contributed by atoms with van der Waals surface area (Å²) in [6, 6.07) is 5.67.